The number of hydrogen-bond acceptors (Lipinski definition) is 8. The van der Waals surface area contributed by atoms with Crippen LogP contribution in [0.1, 0.15) is 57.5 Å². The van der Waals surface area contributed by atoms with E-state index in [2.05, 4.69) is 9.97 Å². The fourth-order valence-corrected chi connectivity index (χ4v) is 3.14. The van der Waals surface area contributed by atoms with Crippen LogP contribution in [0, 0.1) is 6.92 Å². The summed E-state index contributed by atoms with van der Waals surface area (Å²) in [6.45, 7) is 11.9. The topological polar surface area (TPSA) is 112 Å². The van der Waals surface area contributed by atoms with Crippen molar-refractivity contribution in [2.45, 2.75) is 59.7 Å². The molecular weight excluding hydrogens is 428 g/mol. The summed E-state index contributed by atoms with van der Waals surface area (Å²) < 4.78 is 17.4. The van der Waals surface area contributed by atoms with Gasteiger partial charge >= 0.3 is 18.2 Å². The number of methoxy groups -OCH3 is 1. The summed E-state index contributed by atoms with van der Waals surface area (Å²) in [5, 5.41) is 0. The van der Waals surface area contributed by atoms with Crippen LogP contribution in [-0.2, 0) is 14.2 Å². The highest BCUT2D eigenvalue weighted by Crippen LogP contribution is 2.29. The Morgan fingerprint density at radius 2 is 1.52 bits per heavy atom. The van der Waals surface area contributed by atoms with Crippen LogP contribution in [-0.4, -0.2) is 50.8 Å². The Morgan fingerprint density at radius 1 is 0.939 bits per heavy atom. The molecule has 3 rings (SSSR count). The second-order valence-electron chi connectivity index (χ2n) is 9.53. The molecule has 2 amide bonds. The molecule has 0 aliphatic heterocycles. The number of imide groups is 1. The van der Waals surface area contributed by atoms with Gasteiger partial charge in [-0.15, -0.1) is 0 Å². The Labute approximate surface area is 191 Å². The number of imidazole rings is 1. The zero-order valence-electron chi connectivity index (χ0n) is 20.0. The number of rotatable bonds is 2. The molecule has 33 heavy (non-hydrogen) atoms. The monoisotopic (exact) mass is 456 g/mol. The number of nitrogens with zero attached hydrogens (tertiary/aromatic N) is 4. The van der Waals surface area contributed by atoms with Crippen molar-refractivity contribution in [3.8, 4) is 0 Å². The van der Waals surface area contributed by atoms with Crippen LogP contribution in [0.4, 0.5) is 15.4 Å². The molecule has 176 valence electrons. The lowest BCUT2D eigenvalue weighted by Gasteiger charge is -2.28. The Kier molecular flexibility index (Phi) is 6.06. The van der Waals surface area contributed by atoms with E-state index >= 15 is 0 Å². The molecule has 0 aliphatic carbocycles. The number of carbonyl (C=O) groups is 3. The maximum Gasteiger partial charge on any atom is 0.425 e. The molecule has 0 N–H and O–H groups in total. The highest BCUT2D eigenvalue weighted by atomic mass is 16.6. The fraction of sp³-hybridized carbons (Fsp3) is 0.435. The molecular formula is C23H28N4O6. The molecule has 10 nitrogen and oxygen atoms in total. The van der Waals surface area contributed by atoms with Crippen LogP contribution in [0.3, 0.4) is 0 Å². The van der Waals surface area contributed by atoms with E-state index in [9.17, 15) is 14.4 Å². The Balaban J connectivity index is 2.27. The molecule has 1 aromatic carbocycles. The van der Waals surface area contributed by atoms with Crippen molar-refractivity contribution in [1.29, 1.82) is 0 Å². The molecule has 0 radical (unpaired) electrons. The molecule has 0 bridgehead atoms. The predicted molar refractivity (Wildman–Crippen MR) is 122 cm³/mol. The highest BCUT2D eigenvalue weighted by molar-refractivity contribution is 6.12. The van der Waals surface area contributed by atoms with Gasteiger partial charge in [-0.2, -0.15) is 4.90 Å². The van der Waals surface area contributed by atoms with Gasteiger partial charge in [0.15, 0.2) is 5.82 Å². The third kappa shape index (κ3) is 5.05. The number of ether oxygens (including phenoxy) is 3. The van der Waals surface area contributed by atoms with Gasteiger partial charge in [-0.3, -0.25) is 4.40 Å². The van der Waals surface area contributed by atoms with Crippen molar-refractivity contribution in [2.75, 3.05) is 12.0 Å². The second kappa shape index (κ2) is 8.34. The van der Waals surface area contributed by atoms with Crippen molar-refractivity contribution < 1.29 is 28.6 Å². The van der Waals surface area contributed by atoms with Crippen LogP contribution in [0.5, 0.6) is 0 Å². The van der Waals surface area contributed by atoms with E-state index in [1.54, 1.807) is 65.0 Å². The van der Waals surface area contributed by atoms with Gasteiger partial charge in [0.1, 0.15) is 16.7 Å². The van der Waals surface area contributed by atoms with Crippen molar-refractivity contribution in [3.05, 3.63) is 35.8 Å². The number of aromatic nitrogens is 3. The lowest BCUT2D eigenvalue weighted by atomic mass is 10.1. The van der Waals surface area contributed by atoms with Gasteiger partial charge in [0, 0.05) is 0 Å². The molecule has 0 unspecified atom stereocenters. The average molecular weight is 456 g/mol. The molecule has 0 atom stereocenters. The summed E-state index contributed by atoms with van der Waals surface area (Å²) in [6.07, 6.45) is 1.09. The van der Waals surface area contributed by atoms with Gasteiger partial charge in [-0.05, 0) is 66.2 Å². The molecule has 0 fully saturated rings. The van der Waals surface area contributed by atoms with E-state index in [-0.39, 0.29) is 5.82 Å². The van der Waals surface area contributed by atoms with Crippen LogP contribution >= 0.6 is 0 Å². The molecule has 10 heteroatoms. The van der Waals surface area contributed by atoms with Gasteiger partial charge < -0.3 is 14.2 Å². The third-order valence-electron chi connectivity index (χ3n) is 4.44. The van der Waals surface area contributed by atoms with Crippen molar-refractivity contribution in [2.24, 2.45) is 0 Å². The van der Waals surface area contributed by atoms with Crippen molar-refractivity contribution in [3.63, 3.8) is 0 Å². The smallest absolute Gasteiger partial charge is 0.425 e. The zero-order valence-corrected chi connectivity index (χ0v) is 20.0. The SMILES string of the molecule is COC(=O)c1cc2c(cc1C)nc(N(C(=O)OC(C)(C)C)C(=O)OC(C)(C)C)c1cncn12. The molecule has 0 aliphatic rings. The first-order valence-corrected chi connectivity index (χ1v) is 10.3. The summed E-state index contributed by atoms with van der Waals surface area (Å²) in [4.78, 5) is 47.9. The van der Waals surface area contributed by atoms with Crippen molar-refractivity contribution >= 4 is 40.5 Å². The molecule has 2 heterocycles. The minimum Gasteiger partial charge on any atom is -0.465 e. The van der Waals surface area contributed by atoms with Crippen molar-refractivity contribution in [1.82, 2.24) is 14.4 Å². The zero-order chi connectivity index (χ0) is 24.7. The summed E-state index contributed by atoms with van der Waals surface area (Å²) in [5.74, 6) is -0.496. The van der Waals surface area contributed by atoms with Gasteiger partial charge in [0.05, 0.1) is 36.2 Å². The first-order chi connectivity index (χ1) is 15.2. The van der Waals surface area contributed by atoms with E-state index in [0.29, 0.717) is 27.7 Å². The molecule has 0 spiro atoms. The quantitative estimate of drug-likeness (QED) is 0.404. The van der Waals surface area contributed by atoms with E-state index in [1.165, 1.54) is 19.6 Å². The normalized spacial score (nSPS) is 12.0. The predicted octanol–water partition coefficient (Wildman–Crippen LogP) is 4.65. The third-order valence-corrected chi connectivity index (χ3v) is 4.44. The summed E-state index contributed by atoms with van der Waals surface area (Å²) in [6, 6.07) is 3.31. The Bertz CT molecular complexity index is 1220. The van der Waals surface area contributed by atoms with E-state index in [4.69, 9.17) is 14.2 Å². The standard InChI is InChI=1S/C23H28N4O6/c1-13-9-15-16(10-14(13)19(28)31-8)26-12-24-11-17(26)18(25-15)27(20(29)32-22(2,3)4)21(30)33-23(5,6)7/h9-12H,1-8H3. The van der Waals surface area contributed by atoms with Crippen LogP contribution < -0.4 is 4.90 Å². The van der Waals surface area contributed by atoms with Gasteiger partial charge in [0.25, 0.3) is 0 Å². The lowest BCUT2D eigenvalue weighted by molar-refractivity contribution is 0.0428. The fourth-order valence-electron chi connectivity index (χ4n) is 3.14. The average Bonchev–Trinajstić information content (AvgIpc) is 3.14. The first kappa shape index (κ1) is 24.0. The molecule has 0 saturated heterocycles. The van der Waals surface area contributed by atoms with E-state index in [0.717, 1.165) is 4.90 Å². The first-order valence-electron chi connectivity index (χ1n) is 10.3. The summed E-state index contributed by atoms with van der Waals surface area (Å²) in [5.41, 5.74) is 0.578. The number of amides is 2. The number of benzene rings is 1. The van der Waals surface area contributed by atoms with E-state index in [1.807, 2.05) is 0 Å². The Hall–Kier alpha value is -3.69. The highest BCUT2D eigenvalue weighted by Gasteiger charge is 2.35. The molecule has 3 aromatic rings. The number of fused-ring (bicyclic) bond motifs is 3. The number of aryl methyl sites for hydroxylation is 1. The maximum absolute atomic E-state index is 13.1. The largest absolute Gasteiger partial charge is 0.465 e. The van der Waals surface area contributed by atoms with Gasteiger partial charge in [-0.25, -0.2) is 24.4 Å². The summed E-state index contributed by atoms with van der Waals surface area (Å²) in [7, 11) is 1.31. The van der Waals surface area contributed by atoms with Crippen LogP contribution in [0.15, 0.2) is 24.7 Å². The number of hydrogen-bond donors (Lipinski definition) is 0. The molecule has 0 saturated carbocycles. The maximum atomic E-state index is 13.1. The van der Waals surface area contributed by atoms with E-state index < -0.39 is 29.4 Å². The summed E-state index contributed by atoms with van der Waals surface area (Å²) >= 11 is 0. The number of esters is 1. The minimum absolute atomic E-state index is 0.00582. The van der Waals surface area contributed by atoms with Gasteiger partial charge in [-0.1, -0.05) is 0 Å². The minimum atomic E-state index is -0.936. The van der Waals surface area contributed by atoms with Gasteiger partial charge in [0.2, 0.25) is 0 Å². The Morgan fingerprint density at radius 3 is 2.03 bits per heavy atom. The van der Waals surface area contributed by atoms with Crippen LogP contribution in [0.25, 0.3) is 16.6 Å². The number of carbonyl (C=O) groups excluding carboxylic acids is 3. The van der Waals surface area contributed by atoms with Crippen LogP contribution in [0.2, 0.25) is 0 Å². The lowest BCUT2D eigenvalue weighted by Crippen LogP contribution is -2.44. The molecule has 2 aromatic heterocycles. The number of anilines is 1. The second-order valence-corrected chi connectivity index (χ2v) is 9.53.